The van der Waals surface area contributed by atoms with Crippen molar-refractivity contribution in [2.45, 2.75) is 39.3 Å². The van der Waals surface area contributed by atoms with Gasteiger partial charge in [-0.25, -0.2) is 9.97 Å². The van der Waals surface area contributed by atoms with Crippen LogP contribution in [0.15, 0.2) is 0 Å². The molecule has 0 amide bonds. The van der Waals surface area contributed by atoms with Crippen molar-refractivity contribution in [2.24, 2.45) is 0 Å². The van der Waals surface area contributed by atoms with E-state index in [1.54, 1.807) is 0 Å². The highest BCUT2D eigenvalue weighted by atomic mass is 127. The summed E-state index contributed by atoms with van der Waals surface area (Å²) in [6.07, 6.45) is -2.32. The molecular formula is C13H19F3IN3O. The van der Waals surface area contributed by atoms with Gasteiger partial charge in [0.2, 0.25) is 0 Å². The summed E-state index contributed by atoms with van der Waals surface area (Å²) in [5.41, 5.74) is 0.898. The van der Waals surface area contributed by atoms with Crippen LogP contribution in [0.25, 0.3) is 0 Å². The lowest BCUT2D eigenvalue weighted by Crippen LogP contribution is -2.18. The minimum Gasteiger partial charge on any atom is -0.372 e. The van der Waals surface area contributed by atoms with Gasteiger partial charge in [-0.05, 0) is 35.4 Å². The molecule has 21 heavy (non-hydrogen) atoms. The van der Waals surface area contributed by atoms with Gasteiger partial charge in [0.15, 0.2) is 0 Å². The summed E-state index contributed by atoms with van der Waals surface area (Å²) < 4.78 is 41.5. The molecule has 1 rings (SSSR count). The first-order valence-corrected chi connectivity index (χ1v) is 7.88. The number of nitrogens with zero attached hydrogens (tertiary/aromatic N) is 2. The number of anilines is 1. The Kier molecular flexibility index (Phi) is 7.64. The van der Waals surface area contributed by atoms with E-state index in [1.807, 2.05) is 13.8 Å². The Morgan fingerprint density at radius 2 is 1.95 bits per heavy atom. The first kappa shape index (κ1) is 18.4. The third kappa shape index (κ3) is 6.77. The van der Waals surface area contributed by atoms with Crippen molar-refractivity contribution in [3.05, 3.63) is 15.1 Å². The molecule has 0 unspecified atom stereocenters. The molecule has 1 aromatic rings. The van der Waals surface area contributed by atoms with Crippen molar-refractivity contribution in [3.8, 4) is 0 Å². The normalized spacial score (nSPS) is 11.7. The Bertz CT molecular complexity index is 455. The van der Waals surface area contributed by atoms with Crippen molar-refractivity contribution >= 4 is 28.4 Å². The molecule has 0 saturated carbocycles. The first-order chi connectivity index (χ1) is 9.87. The smallest absolute Gasteiger partial charge is 0.372 e. The molecule has 0 aliphatic carbocycles. The number of halogens is 4. The summed E-state index contributed by atoms with van der Waals surface area (Å²) in [7, 11) is 0. The van der Waals surface area contributed by atoms with E-state index < -0.39 is 12.8 Å². The van der Waals surface area contributed by atoms with Gasteiger partial charge in [0.25, 0.3) is 0 Å². The summed E-state index contributed by atoms with van der Waals surface area (Å²) in [6, 6.07) is 0. The molecule has 0 atom stereocenters. The Hall–Kier alpha value is -0.640. The Labute approximate surface area is 136 Å². The van der Waals surface area contributed by atoms with E-state index in [-0.39, 0.29) is 13.0 Å². The SMILES string of the molecule is CCCNc1nc(CCOCC(F)(F)F)nc(CC)c1I. The fraction of sp³-hybridized carbons (Fsp3) is 0.692. The highest BCUT2D eigenvalue weighted by Crippen LogP contribution is 2.20. The van der Waals surface area contributed by atoms with Gasteiger partial charge in [-0.2, -0.15) is 13.2 Å². The van der Waals surface area contributed by atoms with E-state index >= 15 is 0 Å². The lowest BCUT2D eigenvalue weighted by atomic mass is 10.3. The second-order valence-electron chi connectivity index (χ2n) is 4.45. The third-order valence-electron chi connectivity index (χ3n) is 2.58. The van der Waals surface area contributed by atoms with Crippen LogP contribution in [0.1, 0.15) is 31.8 Å². The number of hydrogen-bond acceptors (Lipinski definition) is 4. The minimum absolute atomic E-state index is 0.0452. The minimum atomic E-state index is -4.30. The molecule has 8 heteroatoms. The summed E-state index contributed by atoms with van der Waals surface area (Å²) in [6.45, 7) is 3.54. The first-order valence-electron chi connectivity index (χ1n) is 6.81. The largest absolute Gasteiger partial charge is 0.411 e. The number of alkyl halides is 3. The fourth-order valence-electron chi connectivity index (χ4n) is 1.60. The van der Waals surface area contributed by atoms with E-state index in [4.69, 9.17) is 0 Å². The monoisotopic (exact) mass is 417 g/mol. The zero-order chi connectivity index (χ0) is 15.9. The lowest BCUT2D eigenvalue weighted by molar-refractivity contribution is -0.173. The summed E-state index contributed by atoms with van der Waals surface area (Å²) in [5.74, 6) is 1.25. The molecule has 0 radical (unpaired) electrons. The standard InChI is InChI=1S/C13H19F3IN3O/c1-3-6-18-12-11(17)9(4-2)19-10(20-12)5-7-21-8-13(14,15)16/h3-8H2,1-2H3,(H,18,19,20). The maximum atomic E-state index is 12.0. The second-order valence-corrected chi connectivity index (χ2v) is 5.53. The summed E-state index contributed by atoms with van der Waals surface area (Å²) in [5, 5.41) is 3.21. The fourth-order valence-corrected chi connectivity index (χ4v) is 2.42. The molecule has 0 aliphatic heterocycles. The van der Waals surface area contributed by atoms with E-state index in [2.05, 4.69) is 42.6 Å². The number of nitrogens with one attached hydrogen (secondary N) is 1. The van der Waals surface area contributed by atoms with Crippen molar-refractivity contribution < 1.29 is 17.9 Å². The van der Waals surface area contributed by atoms with Crippen LogP contribution in [0.5, 0.6) is 0 Å². The van der Waals surface area contributed by atoms with Crippen LogP contribution in [0.2, 0.25) is 0 Å². The quantitative estimate of drug-likeness (QED) is 0.519. The van der Waals surface area contributed by atoms with E-state index in [1.165, 1.54) is 0 Å². The van der Waals surface area contributed by atoms with Gasteiger partial charge in [0.1, 0.15) is 18.2 Å². The average Bonchev–Trinajstić information content (AvgIpc) is 2.42. The topological polar surface area (TPSA) is 47.0 Å². The third-order valence-corrected chi connectivity index (χ3v) is 3.71. The molecule has 1 heterocycles. The van der Waals surface area contributed by atoms with Crippen molar-refractivity contribution in [3.63, 3.8) is 0 Å². The van der Waals surface area contributed by atoms with Gasteiger partial charge in [-0.15, -0.1) is 0 Å². The molecule has 0 bridgehead atoms. The van der Waals surface area contributed by atoms with Gasteiger partial charge in [0, 0.05) is 13.0 Å². The van der Waals surface area contributed by atoms with Gasteiger partial charge in [-0.1, -0.05) is 13.8 Å². The maximum absolute atomic E-state index is 12.0. The van der Waals surface area contributed by atoms with Crippen molar-refractivity contribution in [1.29, 1.82) is 0 Å². The van der Waals surface area contributed by atoms with Gasteiger partial charge in [0.05, 0.1) is 15.9 Å². The molecule has 120 valence electrons. The van der Waals surface area contributed by atoms with E-state index in [0.717, 1.165) is 34.5 Å². The highest BCUT2D eigenvalue weighted by molar-refractivity contribution is 14.1. The number of aromatic nitrogens is 2. The van der Waals surface area contributed by atoms with Gasteiger partial charge in [-0.3, -0.25) is 0 Å². The molecule has 1 N–H and O–H groups in total. The zero-order valence-corrected chi connectivity index (χ0v) is 14.2. The van der Waals surface area contributed by atoms with Gasteiger partial charge >= 0.3 is 6.18 Å². The second kappa shape index (κ2) is 8.72. The molecule has 4 nitrogen and oxygen atoms in total. The molecule has 0 aromatic carbocycles. The predicted molar refractivity (Wildman–Crippen MR) is 83.5 cm³/mol. The molecule has 1 aromatic heterocycles. The Morgan fingerprint density at radius 3 is 2.52 bits per heavy atom. The number of hydrogen-bond donors (Lipinski definition) is 1. The van der Waals surface area contributed by atoms with Crippen LogP contribution >= 0.6 is 22.6 Å². The van der Waals surface area contributed by atoms with Crippen LogP contribution in [0, 0.1) is 3.57 Å². The number of aryl methyl sites for hydroxylation is 1. The van der Waals surface area contributed by atoms with Crippen LogP contribution in [-0.2, 0) is 17.6 Å². The molecule has 0 aliphatic rings. The maximum Gasteiger partial charge on any atom is 0.411 e. The molecule has 0 spiro atoms. The number of rotatable bonds is 8. The van der Waals surface area contributed by atoms with E-state index in [0.29, 0.717) is 5.82 Å². The molecule has 0 saturated heterocycles. The summed E-state index contributed by atoms with van der Waals surface area (Å²) in [4.78, 5) is 8.74. The zero-order valence-electron chi connectivity index (χ0n) is 12.1. The number of ether oxygens (including phenoxy) is 1. The van der Waals surface area contributed by atoms with Crippen LogP contribution < -0.4 is 5.32 Å². The summed E-state index contributed by atoms with van der Waals surface area (Å²) >= 11 is 2.19. The Balaban J connectivity index is 2.68. The lowest BCUT2D eigenvalue weighted by Gasteiger charge is -2.12. The van der Waals surface area contributed by atoms with Crippen LogP contribution in [0.4, 0.5) is 19.0 Å². The van der Waals surface area contributed by atoms with Crippen LogP contribution in [-0.4, -0.2) is 35.9 Å². The Morgan fingerprint density at radius 1 is 1.24 bits per heavy atom. The predicted octanol–water partition coefficient (Wildman–Crippen LogP) is 3.59. The highest BCUT2D eigenvalue weighted by Gasteiger charge is 2.27. The van der Waals surface area contributed by atoms with Gasteiger partial charge < -0.3 is 10.1 Å². The van der Waals surface area contributed by atoms with Crippen molar-refractivity contribution in [1.82, 2.24) is 9.97 Å². The van der Waals surface area contributed by atoms with Crippen molar-refractivity contribution in [2.75, 3.05) is 25.1 Å². The molecular weight excluding hydrogens is 398 g/mol. The van der Waals surface area contributed by atoms with E-state index in [9.17, 15) is 13.2 Å². The molecule has 0 fully saturated rings. The average molecular weight is 417 g/mol. The van der Waals surface area contributed by atoms with Crippen LogP contribution in [0.3, 0.4) is 0 Å².